The third-order valence-electron chi connectivity index (χ3n) is 2.78. The third-order valence-corrected chi connectivity index (χ3v) is 3.81. The zero-order chi connectivity index (χ0) is 13.1. The average molecular weight is 327 g/mol. The van der Waals surface area contributed by atoms with E-state index in [4.69, 9.17) is 22.1 Å². The van der Waals surface area contributed by atoms with E-state index in [1.54, 1.807) is 7.11 Å². The van der Waals surface area contributed by atoms with Crippen molar-refractivity contribution in [2.45, 2.75) is 6.04 Å². The fourth-order valence-electron chi connectivity index (χ4n) is 1.78. The third kappa shape index (κ3) is 2.69. The van der Waals surface area contributed by atoms with Crippen molar-refractivity contribution in [2.24, 2.45) is 5.73 Å². The van der Waals surface area contributed by atoms with Gasteiger partial charge >= 0.3 is 0 Å². The highest BCUT2D eigenvalue weighted by molar-refractivity contribution is 9.10. The van der Waals surface area contributed by atoms with Crippen LogP contribution in [0, 0.1) is 0 Å². The second-order valence-electron chi connectivity index (χ2n) is 3.89. The van der Waals surface area contributed by atoms with E-state index in [2.05, 4.69) is 15.9 Å². The van der Waals surface area contributed by atoms with Gasteiger partial charge in [0.05, 0.1) is 13.2 Å². The first kappa shape index (κ1) is 13.4. The number of rotatable bonds is 3. The van der Waals surface area contributed by atoms with Gasteiger partial charge in [-0.25, -0.2) is 0 Å². The van der Waals surface area contributed by atoms with E-state index in [0.29, 0.717) is 5.02 Å². The highest BCUT2D eigenvalue weighted by Crippen LogP contribution is 2.32. The van der Waals surface area contributed by atoms with Gasteiger partial charge in [-0.3, -0.25) is 0 Å². The largest absolute Gasteiger partial charge is 0.497 e. The van der Waals surface area contributed by atoms with Gasteiger partial charge < -0.3 is 10.5 Å². The number of halogens is 2. The molecular weight excluding hydrogens is 314 g/mol. The molecule has 0 aromatic heterocycles. The Kier molecular flexibility index (Phi) is 4.27. The Morgan fingerprint density at radius 1 is 1.17 bits per heavy atom. The molecule has 0 amide bonds. The van der Waals surface area contributed by atoms with Crippen LogP contribution in [0.4, 0.5) is 0 Å². The van der Waals surface area contributed by atoms with Gasteiger partial charge in [0.1, 0.15) is 5.75 Å². The zero-order valence-electron chi connectivity index (χ0n) is 9.86. The molecule has 0 heterocycles. The van der Waals surface area contributed by atoms with Crippen LogP contribution in [0.25, 0.3) is 0 Å². The molecule has 0 saturated carbocycles. The van der Waals surface area contributed by atoms with Crippen molar-refractivity contribution in [1.29, 1.82) is 0 Å². The summed E-state index contributed by atoms with van der Waals surface area (Å²) in [5.41, 5.74) is 8.14. The molecule has 0 spiro atoms. The number of methoxy groups -OCH3 is 1. The predicted molar refractivity (Wildman–Crippen MR) is 78.2 cm³/mol. The number of hydrogen-bond donors (Lipinski definition) is 1. The summed E-state index contributed by atoms with van der Waals surface area (Å²) in [6, 6.07) is 13.1. The summed E-state index contributed by atoms with van der Waals surface area (Å²) in [4.78, 5) is 0. The van der Waals surface area contributed by atoms with Gasteiger partial charge in [-0.1, -0.05) is 51.8 Å². The van der Waals surface area contributed by atoms with E-state index < -0.39 is 0 Å². The Morgan fingerprint density at radius 3 is 2.50 bits per heavy atom. The fraction of sp³-hybridized carbons (Fsp3) is 0.143. The summed E-state index contributed by atoms with van der Waals surface area (Å²) in [7, 11) is 1.63. The maximum atomic E-state index is 6.25. The molecule has 18 heavy (non-hydrogen) atoms. The van der Waals surface area contributed by atoms with Crippen LogP contribution in [0.2, 0.25) is 5.02 Å². The number of ether oxygens (including phenoxy) is 1. The lowest BCUT2D eigenvalue weighted by Gasteiger charge is -2.16. The van der Waals surface area contributed by atoms with E-state index in [-0.39, 0.29) is 6.04 Å². The van der Waals surface area contributed by atoms with Crippen LogP contribution in [0.3, 0.4) is 0 Å². The fourth-order valence-corrected chi connectivity index (χ4v) is 2.64. The van der Waals surface area contributed by atoms with Crippen molar-refractivity contribution in [3.05, 3.63) is 63.1 Å². The molecule has 1 unspecified atom stereocenters. The van der Waals surface area contributed by atoms with Crippen molar-refractivity contribution < 1.29 is 4.74 Å². The van der Waals surface area contributed by atoms with Gasteiger partial charge in [-0.05, 0) is 29.3 Å². The Labute approximate surface area is 120 Å². The van der Waals surface area contributed by atoms with Crippen LogP contribution in [-0.2, 0) is 0 Å². The molecule has 2 N–H and O–H groups in total. The molecule has 0 fully saturated rings. The Hall–Kier alpha value is -1.03. The molecule has 0 aliphatic carbocycles. The molecule has 94 valence electrons. The summed E-state index contributed by atoms with van der Waals surface area (Å²) in [5, 5.41) is 0.674. The quantitative estimate of drug-likeness (QED) is 0.919. The molecule has 0 radical (unpaired) electrons. The van der Waals surface area contributed by atoms with Crippen LogP contribution in [0.5, 0.6) is 5.75 Å². The normalized spacial score (nSPS) is 12.2. The Bertz CT molecular complexity index is 559. The van der Waals surface area contributed by atoms with E-state index in [1.807, 2.05) is 42.5 Å². The summed E-state index contributed by atoms with van der Waals surface area (Å²) >= 11 is 9.67. The maximum absolute atomic E-state index is 6.25. The molecule has 0 aliphatic rings. The second-order valence-corrected chi connectivity index (χ2v) is 5.15. The topological polar surface area (TPSA) is 35.2 Å². The number of hydrogen-bond acceptors (Lipinski definition) is 2. The summed E-state index contributed by atoms with van der Waals surface area (Å²) in [5.74, 6) is 0.789. The minimum Gasteiger partial charge on any atom is -0.497 e. The lowest BCUT2D eigenvalue weighted by Crippen LogP contribution is -2.13. The Morgan fingerprint density at radius 2 is 1.89 bits per heavy atom. The highest BCUT2D eigenvalue weighted by atomic mass is 79.9. The van der Waals surface area contributed by atoms with Crippen LogP contribution < -0.4 is 10.5 Å². The molecule has 4 heteroatoms. The standard InChI is InChI=1S/C14H13BrClNO/c1-18-9-6-7-10(12(15)8-9)14(17)11-4-2-3-5-13(11)16/h2-8,14H,17H2,1H3. The van der Waals surface area contributed by atoms with Crippen LogP contribution in [0.15, 0.2) is 46.9 Å². The maximum Gasteiger partial charge on any atom is 0.120 e. The highest BCUT2D eigenvalue weighted by Gasteiger charge is 2.15. The first-order valence-electron chi connectivity index (χ1n) is 5.47. The molecule has 0 saturated heterocycles. The monoisotopic (exact) mass is 325 g/mol. The van der Waals surface area contributed by atoms with Crippen molar-refractivity contribution in [2.75, 3.05) is 7.11 Å². The molecular formula is C14H13BrClNO. The van der Waals surface area contributed by atoms with E-state index >= 15 is 0 Å². The Balaban J connectivity index is 2.40. The molecule has 0 bridgehead atoms. The molecule has 2 nitrogen and oxygen atoms in total. The molecule has 1 atom stereocenters. The predicted octanol–water partition coefficient (Wildman–Crippen LogP) is 4.16. The number of nitrogens with two attached hydrogens (primary N) is 1. The first-order valence-corrected chi connectivity index (χ1v) is 6.64. The lowest BCUT2D eigenvalue weighted by molar-refractivity contribution is 0.414. The summed E-state index contributed by atoms with van der Waals surface area (Å²) < 4.78 is 6.07. The van der Waals surface area contributed by atoms with Crippen molar-refractivity contribution in [3.8, 4) is 5.75 Å². The minimum atomic E-state index is -0.265. The van der Waals surface area contributed by atoms with Crippen LogP contribution >= 0.6 is 27.5 Å². The lowest BCUT2D eigenvalue weighted by atomic mass is 9.99. The van der Waals surface area contributed by atoms with Gasteiger partial charge in [-0.2, -0.15) is 0 Å². The average Bonchev–Trinajstić information content (AvgIpc) is 2.38. The van der Waals surface area contributed by atoms with Gasteiger partial charge in [0.15, 0.2) is 0 Å². The smallest absolute Gasteiger partial charge is 0.120 e. The summed E-state index contributed by atoms with van der Waals surface area (Å²) in [6.07, 6.45) is 0. The summed E-state index contributed by atoms with van der Waals surface area (Å²) in [6.45, 7) is 0. The van der Waals surface area contributed by atoms with E-state index in [9.17, 15) is 0 Å². The van der Waals surface area contributed by atoms with Crippen molar-refractivity contribution in [3.63, 3.8) is 0 Å². The van der Waals surface area contributed by atoms with Gasteiger partial charge in [-0.15, -0.1) is 0 Å². The molecule has 2 aromatic carbocycles. The molecule has 0 aliphatic heterocycles. The van der Waals surface area contributed by atoms with Gasteiger partial charge in [0.2, 0.25) is 0 Å². The zero-order valence-corrected chi connectivity index (χ0v) is 12.2. The minimum absolute atomic E-state index is 0.265. The van der Waals surface area contributed by atoms with Crippen LogP contribution in [-0.4, -0.2) is 7.11 Å². The van der Waals surface area contributed by atoms with Gasteiger partial charge in [0.25, 0.3) is 0 Å². The van der Waals surface area contributed by atoms with Crippen molar-refractivity contribution in [1.82, 2.24) is 0 Å². The second kappa shape index (κ2) is 5.74. The SMILES string of the molecule is COc1ccc(C(N)c2ccccc2Cl)c(Br)c1. The van der Waals surface area contributed by atoms with Gasteiger partial charge in [0, 0.05) is 9.50 Å². The molecule has 2 rings (SSSR count). The van der Waals surface area contributed by atoms with Crippen molar-refractivity contribution >= 4 is 27.5 Å². The van der Waals surface area contributed by atoms with Crippen LogP contribution in [0.1, 0.15) is 17.2 Å². The van der Waals surface area contributed by atoms with E-state index in [1.165, 1.54) is 0 Å². The van der Waals surface area contributed by atoms with E-state index in [0.717, 1.165) is 21.3 Å². The number of benzene rings is 2. The molecule has 2 aromatic rings. The first-order chi connectivity index (χ1) is 8.63.